The van der Waals surface area contributed by atoms with Crippen LogP contribution in [0.25, 0.3) is 0 Å². The highest BCUT2D eigenvalue weighted by Gasteiger charge is 2.63. The molecule has 0 radical (unpaired) electrons. The van der Waals surface area contributed by atoms with Gasteiger partial charge in [0.1, 0.15) is 6.04 Å². The number of benzene rings is 4. The fourth-order valence-electron chi connectivity index (χ4n) is 6.92. The molecule has 1 saturated heterocycles. The van der Waals surface area contributed by atoms with Crippen LogP contribution >= 0.6 is 11.6 Å². The second-order valence-electron chi connectivity index (χ2n) is 10.5. The van der Waals surface area contributed by atoms with E-state index in [0.29, 0.717) is 10.7 Å². The molecule has 1 aliphatic heterocycles. The van der Waals surface area contributed by atoms with Crippen molar-refractivity contribution in [2.45, 2.75) is 24.3 Å². The molecule has 3 atom stereocenters. The highest BCUT2D eigenvalue weighted by Crippen LogP contribution is 2.61. The summed E-state index contributed by atoms with van der Waals surface area (Å²) in [7, 11) is 0. The zero-order valence-electron chi connectivity index (χ0n) is 21.0. The fourth-order valence-corrected chi connectivity index (χ4v) is 7.11. The molecule has 0 spiro atoms. The molecule has 1 N–H and O–H groups in total. The lowest BCUT2D eigenvalue weighted by atomic mass is 9.55. The molecule has 0 unspecified atom stereocenters. The Balaban J connectivity index is 1.32. The van der Waals surface area contributed by atoms with Crippen LogP contribution in [0.4, 0.5) is 5.69 Å². The van der Waals surface area contributed by atoms with E-state index in [9.17, 15) is 14.4 Å². The van der Waals surface area contributed by atoms with Crippen molar-refractivity contribution in [1.29, 1.82) is 0 Å². The van der Waals surface area contributed by atoms with Crippen LogP contribution in [-0.4, -0.2) is 28.7 Å². The SMILES string of the molecule is O=C(Nc1ccccc1Cl)[C@@H](Cc1ccccc1)N1C(=O)[C@H]2C3c4ccccc4C(c4ccccc43)[C@@H]2C1=O. The normalized spacial score (nSPS) is 23.2. The number of nitrogens with one attached hydrogen (secondary N) is 1. The lowest BCUT2D eigenvalue weighted by Crippen LogP contribution is -2.49. The van der Waals surface area contributed by atoms with Gasteiger partial charge in [0.25, 0.3) is 0 Å². The van der Waals surface area contributed by atoms with Gasteiger partial charge in [-0.05, 0) is 39.9 Å². The average Bonchev–Trinajstić information content (AvgIpc) is 3.23. The number of carbonyl (C=O) groups excluding carboxylic acids is 3. The predicted molar refractivity (Wildman–Crippen MR) is 149 cm³/mol. The maximum Gasteiger partial charge on any atom is 0.248 e. The van der Waals surface area contributed by atoms with Crippen LogP contribution in [-0.2, 0) is 20.8 Å². The van der Waals surface area contributed by atoms with E-state index in [1.165, 1.54) is 4.90 Å². The summed E-state index contributed by atoms with van der Waals surface area (Å²) < 4.78 is 0. The first-order chi connectivity index (χ1) is 19.0. The van der Waals surface area contributed by atoms with Crippen molar-refractivity contribution in [3.63, 3.8) is 0 Å². The maximum atomic E-state index is 14.3. The van der Waals surface area contributed by atoms with Gasteiger partial charge in [-0.15, -0.1) is 0 Å². The van der Waals surface area contributed by atoms with Gasteiger partial charge in [0.05, 0.1) is 22.5 Å². The molecule has 1 fully saturated rings. The van der Waals surface area contributed by atoms with Crippen molar-refractivity contribution in [2.75, 3.05) is 5.32 Å². The first kappa shape index (κ1) is 23.9. The number of rotatable bonds is 5. The van der Waals surface area contributed by atoms with Crippen molar-refractivity contribution in [3.8, 4) is 0 Å². The van der Waals surface area contributed by atoms with Crippen LogP contribution in [0, 0.1) is 11.8 Å². The molecule has 3 aliphatic carbocycles. The minimum atomic E-state index is -1.01. The maximum absolute atomic E-state index is 14.3. The number of hydrogen-bond acceptors (Lipinski definition) is 3. The second kappa shape index (κ2) is 9.21. The quantitative estimate of drug-likeness (QED) is 0.331. The van der Waals surface area contributed by atoms with E-state index in [4.69, 9.17) is 11.6 Å². The van der Waals surface area contributed by atoms with Crippen molar-refractivity contribution in [2.24, 2.45) is 11.8 Å². The summed E-state index contributed by atoms with van der Waals surface area (Å²) in [6, 6.07) is 31.7. The molecule has 2 bridgehead atoms. The van der Waals surface area contributed by atoms with Crippen molar-refractivity contribution in [1.82, 2.24) is 4.90 Å². The minimum absolute atomic E-state index is 0.212. The van der Waals surface area contributed by atoms with E-state index < -0.39 is 23.8 Å². The molecule has 4 aliphatic rings. The molecule has 6 heteroatoms. The molecule has 0 aromatic heterocycles. The van der Waals surface area contributed by atoms with E-state index in [0.717, 1.165) is 27.8 Å². The van der Waals surface area contributed by atoms with Crippen LogP contribution in [0.1, 0.15) is 39.7 Å². The van der Waals surface area contributed by atoms with E-state index in [2.05, 4.69) is 29.6 Å². The Labute approximate surface area is 231 Å². The van der Waals surface area contributed by atoms with Crippen LogP contribution in [0.3, 0.4) is 0 Å². The van der Waals surface area contributed by atoms with Crippen LogP contribution in [0.5, 0.6) is 0 Å². The summed E-state index contributed by atoms with van der Waals surface area (Å²) in [6.07, 6.45) is 0.212. The summed E-state index contributed by atoms with van der Waals surface area (Å²) in [5.41, 5.74) is 5.72. The van der Waals surface area contributed by atoms with E-state index in [-0.39, 0.29) is 30.1 Å². The third kappa shape index (κ3) is 3.64. The van der Waals surface area contributed by atoms with Gasteiger partial charge in [-0.3, -0.25) is 19.3 Å². The third-order valence-electron chi connectivity index (χ3n) is 8.50. The number of amides is 3. The van der Waals surface area contributed by atoms with Crippen molar-refractivity contribution in [3.05, 3.63) is 136 Å². The Bertz CT molecular complexity index is 1520. The highest BCUT2D eigenvalue weighted by atomic mass is 35.5. The zero-order chi connectivity index (χ0) is 26.7. The van der Waals surface area contributed by atoms with Gasteiger partial charge < -0.3 is 5.32 Å². The molecule has 3 amide bonds. The molecule has 0 saturated carbocycles. The molecule has 192 valence electrons. The third-order valence-corrected chi connectivity index (χ3v) is 8.83. The van der Waals surface area contributed by atoms with Crippen LogP contribution in [0.15, 0.2) is 103 Å². The molecular formula is C33H25ClN2O3. The summed E-state index contributed by atoms with van der Waals surface area (Å²) in [4.78, 5) is 43.7. The van der Waals surface area contributed by atoms with Gasteiger partial charge in [0, 0.05) is 18.3 Å². The zero-order valence-corrected chi connectivity index (χ0v) is 21.7. The van der Waals surface area contributed by atoms with E-state index in [1.807, 2.05) is 54.6 Å². The second-order valence-corrected chi connectivity index (χ2v) is 10.9. The number of carbonyl (C=O) groups is 3. The van der Waals surface area contributed by atoms with Gasteiger partial charge >= 0.3 is 0 Å². The number of nitrogens with zero attached hydrogens (tertiary/aromatic N) is 1. The topological polar surface area (TPSA) is 66.5 Å². The number of para-hydroxylation sites is 1. The Morgan fingerprint density at radius 2 is 1.15 bits per heavy atom. The first-order valence-electron chi connectivity index (χ1n) is 13.2. The number of anilines is 1. The Kier molecular flexibility index (Phi) is 5.64. The molecule has 4 aromatic rings. The smallest absolute Gasteiger partial charge is 0.248 e. The monoisotopic (exact) mass is 532 g/mol. The van der Waals surface area contributed by atoms with Crippen LogP contribution < -0.4 is 5.32 Å². The largest absolute Gasteiger partial charge is 0.323 e. The Morgan fingerprint density at radius 3 is 1.67 bits per heavy atom. The van der Waals surface area contributed by atoms with Gasteiger partial charge in [-0.1, -0.05) is 103 Å². The molecule has 1 heterocycles. The van der Waals surface area contributed by atoms with Gasteiger partial charge in [-0.25, -0.2) is 0 Å². The minimum Gasteiger partial charge on any atom is -0.323 e. The number of hydrogen-bond donors (Lipinski definition) is 1. The fraction of sp³-hybridized carbons (Fsp3) is 0.182. The molecule has 39 heavy (non-hydrogen) atoms. The molecular weight excluding hydrogens is 508 g/mol. The standard InChI is InChI=1S/C33H25ClN2O3/c34-24-16-8-9-17-25(24)35-31(37)26(18-19-10-2-1-3-11-19)36-32(38)29-27-20-12-4-5-13-21(20)28(30(29)33(36)39)23-15-7-6-14-22(23)27/h1-17,26-30H,18H2,(H,35,37)/t26-,27?,28?,29+,30+/m1/s1. The lowest BCUT2D eigenvalue weighted by Gasteiger charge is -2.45. The van der Waals surface area contributed by atoms with Crippen molar-refractivity contribution < 1.29 is 14.4 Å². The van der Waals surface area contributed by atoms with E-state index >= 15 is 0 Å². The first-order valence-corrected chi connectivity index (χ1v) is 13.6. The Hall–Kier alpha value is -4.22. The summed E-state index contributed by atoms with van der Waals surface area (Å²) in [5, 5.41) is 3.28. The summed E-state index contributed by atoms with van der Waals surface area (Å²) in [6.45, 7) is 0. The number of imide groups is 1. The Morgan fingerprint density at radius 1 is 0.692 bits per heavy atom. The predicted octanol–water partition coefficient (Wildman–Crippen LogP) is 5.78. The number of likely N-dealkylation sites (tertiary alicyclic amines) is 1. The average molecular weight is 533 g/mol. The molecule has 8 rings (SSSR count). The summed E-state index contributed by atoms with van der Waals surface area (Å²) >= 11 is 6.34. The van der Waals surface area contributed by atoms with Crippen LogP contribution in [0.2, 0.25) is 5.02 Å². The highest BCUT2D eigenvalue weighted by molar-refractivity contribution is 6.33. The molecule has 4 aromatic carbocycles. The van der Waals surface area contributed by atoms with Gasteiger partial charge in [0.15, 0.2) is 0 Å². The summed E-state index contributed by atoms with van der Waals surface area (Å²) in [5.74, 6) is -2.53. The van der Waals surface area contributed by atoms with E-state index in [1.54, 1.807) is 24.3 Å². The number of halogens is 1. The van der Waals surface area contributed by atoms with Gasteiger partial charge in [0.2, 0.25) is 17.7 Å². The molecule has 5 nitrogen and oxygen atoms in total. The van der Waals surface area contributed by atoms with Crippen molar-refractivity contribution >= 4 is 35.0 Å². The van der Waals surface area contributed by atoms with Gasteiger partial charge in [-0.2, -0.15) is 0 Å². The lowest BCUT2D eigenvalue weighted by molar-refractivity contribution is -0.146.